The molecule has 2 N–H and O–H groups in total. The summed E-state index contributed by atoms with van der Waals surface area (Å²) in [6.45, 7) is 11.0. The monoisotopic (exact) mass is 537 g/mol. The maximum atomic E-state index is 13.5. The van der Waals surface area contributed by atoms with E-state index < -0.39 is 0 Å². The highest BCUT2D eigenvalue weighted by molar-refractivity contribution is 5.99. The summed E-state index contributed by atoms with van der Waals surface area (Å²) < 4.78 is 12.4. The van der Waals surface area contributed by atoms with Crippen LogP contribution in [0.1, 0.15) is 57.6 Å². The number of ketones is 1. The van der Waals surface area contributed by atoms with Crippen molar-refractivity contribution in [2.24, 2.45) is 0 Å². The number of Topliss-reactive ketones (excluding diaryl/α,β-unsaturated/α-hetero) is 1. The third-order valence-corrected chi connectivity index (χ3v) is 7.28. The second-order valence-corrected chi connectivity index (χ2v) is 11.0. The van der Waals surface area contributed by atoms with E-state index in [0.717, 1.165) is 33.4 Å². The van der Waals surface area contributed by atoms with E-state index in [1.54, 1.807) is 6.07 Å². The summed E-state index contributed by atoms with van der Waals surface area (Å²) in [7, 11) is 0. The molecule has 5 heteroatoms. The first kappa shape index (κ1) is 28.9. The first-order chi connectivity index (χ1) is 19.1. The molecule has 0 saturated carbocycles. The fourth-order valence-corrected chi connectivity index (χ4v) is 4.80. The number of carbonyl (C=O) groups excluding carboxylic acids is 1. The molecule has 0 aliphatic rings. The third kappa shape index (κ3) is 7.30. The fourth-order valence-electron chi connectivity index (χ4n) is 4.80. The molecule has 4 aromatic rings. The zero-order valence-corrected chi connectivity index (χ0v) is 24.1. The Kier molecular flexibility index (Phi) is 9.28. The number of benzene rings is 4. The number of rotatable bonds is 12. The standard InChI is InChI=1S/C35H39NO4/c1-24-16-18-31(37)25(2)30(24)20-35(4,5)36-21-32(38)29-17-19-33(39-22-27-12-8-6-9-13-27)34(26(29)3)40-23-28-14-10-7-11-15-28/h6-19,36-37H,20-23H2,1-5H3. The van der Waals surface area contributed by atoms with Gasteiger partial charge in [0.15, 0.2) is 17.3 Å². The van der Waals surface area contributed by atoms with Crippen LogP contribution in [0.2, 0.25) is 0 Å². The van der Waals surface area contributed by atoms with E-state index >= 15 is 0 Å². The van der Waals surface area contributed by atoms with Gasteiger partial charge in [0.1, 0.15) is 19.0 Å². The molecular weight excluding hydrogens is 498 g/mol. The Balaban J connectivity index is 1.52. The summed E-state index contributed by atoms with van der Waals surface area (Å²) in [4.78, 5) is 13.5. The molecule has 0 aromatic heterocycles. The number of hydrogen-bond donors (Lipinski definition) is 2. The van der Waals surface area contributed by atoms with E-state index in [9.17, 15) is 9.90 Å². The van der Waals surface area contributed by atoms with Gasteiger partial charge < -0.3 is 19.9 Å². The van der Waals surface area contributed by atoms with Crippen LogP contribution in [-0.2, 0) is 19.6 Å². The fraction of sp³-hybridized carbons (Fsp3) is 0.286. The number of phenols is 1. The molecule has 4 aromatic carbocycles. The molecule has 0 atom stereocenters. The predicted octanol–water partition coefficient (Wildman–Crippen LogP) is 7.27. The first-order valence-electron chi connectivity index (χ1n) is 13.7. The van der Waals surface area contributed by atoms with Crippen molar-refractivity contribution in [2.75, 3.05) is 6.54 Å². The van der Waals surface area contributed by atoms with Gasteiger partial charge in [-0.25, -0.2) is 0 Å². The smallest absolute Gasteiger partial charge is 0.177 e. The first-order valence-corrected chi connectivity index (χ1v) is 13.7. The van der Waals surface area contributed by atoms with Crippen LogP contribution in [0.5, 0.6) is 17.2 Å². The number of phenolic OH excluding ortho intramolecular Hbond substituents is 1. The highest BCUT2D eigenvalue weighted by Gasteiger charge is 2.24. The molecule has 0 heterocycles. The third-order valence-electron chi connectivity index (χ3n) is 7.28. The molecule has 5 nitrogen and oxygen atoms in total. The molecule has 0 aliphatic carbocycles. The SMILES string of the molecule is Cc1ccc(O)c(C)c1CC(C)(C)NCC(=O)c1ccc(OCc2ccccc2)c(OCc2ccccc2)c1C. The topological polar surface area (TPSA) is 67.8 Å². The van der Waals surface area contributed by atoms with Gasteiger partial charge in [-0.3, -0.25) is 4.79 Å². The number of ether oxygens (including phenoxy) is 2. The highest BCUT2D eigenvalue weighted by atomic mass is 16.5. The number of aryl methyl sites for hydroxylation is 1. The van der Waals surface area contributed by atoms with Gasteiger partial charge >= 0.3 is 0 Å². The van der Waals surface area contributed by atoms with Gasteiger partial charge in [0, 0.05) is 16.7 Å². The van der Waals surface area contributed by atoms with Crippen molar-refractivity contribution < 1.29 is 19.4 Å². The average molecular weight is 538 g/mol. The lowest BCUT2D eigenvalue weighted by atomic mass is 9.89. The number of carbonyl (C=O) groups is 1. The lowest BCUT2D eigenvalue weighted by molar-refractivity contribution is 0.0979. The van der Waals surface area contributed by atoms with Crippen LogP contribution in [0.25, 0.3) is 0 Å². The van der Waals surface area contributed by atoms with E-state index in [0.29, 0.717) is 42.4 Å². The summed E-state index contributed by atoms with van der Waals surface area (Å²) in [5.74, 6) is 1.46. The van der Waals surface area contributed by atoms with Gasteiger partial charge in [0.05, 0.1) is 6.54 Å². The molecule has 0 unspecified atom stereocenters. The van der Waals surface area contributed by atoms with Crippen molar-refractivity contribution in [1.29, 1.82) is 0 Å². The van der Waals surface area contributed by atoms with Gasteiger partial charge in [-0.15, -0.1) is 0 Å². The van der Waals surface area contributed by atoms with Gasteiger partial charge in [0.2, 0.25) is 0 Å². The quantitative estimate of drug-likeness (QED) is 0.186. The van der Waals surface area contributed by atoms with Crippen LogP contribution in [0, 0.1) is 20.8 Å². The maximum absolute atomic E-state index is 13.5. The second kappa shape index (κ2) is 12.8. The van der Waals surface area contributed by atoms with Crippen LogP contribution in [0.4, 0.5) is 0 Å². The normalized spacial score (nSPS) is 11.3. The average Bonchev–Trinajstić information content (AvgIpc) is 2.95. The molecule has 208 valence electrons. The Labute approximate surface area is 237 Å². The van der Waals surface area contributed by atoms with Crippen LogP contribution >= 0.6 is 0 Å². The Morgan fingerprint density at radius 2 is 1.38 bits per heavy atom. The Bertz CT molecular complexity index is 1450. The zero-order valence-electron chi connectivity index (χ0n) is 24.1. The Morgan fingerprint density at radius 3 is 2.00 bits per heavy atom. The van der Waals surface area contributed by atoms with Gasteiger partial charge in [0.25, 0.3) is 0 Å². The summed E-state index contributed by atoms with van der Waals surface area (Å²) in [5.41, 5.74) is 6.18. The lowest BCUT2D eigenvalue weighted by Crippen LogP contribution is -2.44. The minimum absolute atomic E-state index is 0.0194. The van der Waals surface area contributed by atoms with Crippen molar-refractivity contribution in [3.05, 3.63) is 124 Å². The zero-order chi connectivity index (χ0) is 28.7. The molecule has 0 aliphatic heterocycles. The van der Waals surface area contributed by atoms with Crippen LogP contribution in [0.3, 0.4) is 0 Å². The van der Waals surface area contributed by atoms with Crippen molar-refractivity contribution in [2.45, 2.75) is 59.8 Å². The largest absolute Gasteiger partial charge is 0.508 e. The molecule has 40 heavy (non-hydrogen) atoms. The number of hydrogen-bond acceptors (Lipinski definition) is 5. The molecule has 4 rings (SSSR count). The Morgan fingerprint density at radius 1 is 0.775 bits per heavy atom. The van der Waals surface area contributed by atoms with Crippen molar-refractivity contribution >= 4 is 5.78 Å². The van der Waals surface area contributed by atoms with E-state index in [-0.39, 0.29) is 17.9 Å². The number of nitrogens with one attached hydrogen (secondary N) is 1. The van der Waals surface area contributed by atoms with E-state index in [1.165, 1.54) is 0 Å². The molecule has 0 spiro atoms. The number of aromatic hydroxyl groups is 1. The van der Waals surface area contributed by atoms with Crippen LogP contribution < -0.4 is 14.8 Å². The molecule has 0 bridgehead atoms. The predicted molar refractivity (Wildman–Crippen MR) is 160 cm³/mol. The second-order valence-electron chi connectivity index (χ2n) is 11.0. The molecule has 0 radical (unpaired) electrons. The van der Waals surface area contributed by atoms with Crippen molar-refractivity contribution in [3.63, 3.8) is 0 Å². The minimum Gasteiger partial charge on any atom is -0.508 e. The van der Waals surface area contributed by atoms with Crippen LogP contribution in [-0.4, -0.2) is 23.0 Å². The van der Waals surface area contributed by atoms with Gasteiger partial charge in [-0.05, 0) is 87.1 Å². The molecule has 0 saturated heterocycles. The summed E-state index contributed by atoms with van der Waals surface area (Å²) in [5, 5.41) is 13.6. The van der Waals surface area contributed by atoms with E-state index in [4.69, 9.17) is 9.47 Å². The van der Waals surface area contributed by atoms with Crippen molar-refractivity contribution in [3.8, 4) is 17.2 Å². The minimum atomic E-state index is -0.363. The van der Waals surface area contributed by atoms with E-state index in [2.05, 4.69) is 19.2 Å². The van der Waals surface area contributed by atoms with Gasteiger partial charge in [-0.2, -0.15) is 0 Å². The summed E-state index contributed by atoms with van der Waals surface area (Å²) in [6, 6.07) is 27.2. The molecular formula is C35H39NO4. The van der Waals surface area contributed by atoms with E-state index in [1.807, 2.05) is 99.6 Å². The Hall–Kier alpha value is -4.09. The van der Waals surface area contributed by atoms with Crippen molar-refractivity contribution in [1.82, 2.24) is 5.32 Å². The highest BCUT2D eigenvalue weighted by Crippen LogP contribution is 2.35. The summed E-state index contributed by atoms with van der Waals surface area (Å²) >= 11 is 0. The molecule has 0 fully saturated rings. The summed E-state index contributed by atoms with van der Waals surface area (Å²) in [6.07, 6.45) is 0.684. The molecule has 0 amide bonds. The van der Waals surface area contributed by atoms with Crippen LogP contribution in [0.15, 0.2) is 84.9 Å². The van der Waals surface area contributed by atoms with Gasteiger partial charge in [-0.1, -0.05) is 66.7 Å². The lowest BCUT2D eigenvalue weighted by Gasteiger charge is -2.28. The maximum Gasteiger partial charge on any atom is 0.177 e.